The minimum atomic E-state index is -0.825. The van der Waals surface area contributed by atoms with Crippen molar-refractivity contribution >= 4 is 18.0 Å². The molecule has 2 aromatic carbocycles. The molecule has 2 aromatic rings. The van der Waals surface area contributed by atoms with Crippen LogP contribution in [0.1, 0.15) is 44.2 Å². The number of carbonyl (C=O) groups is 3. The first-order valence-electron chi connectivity index (χ1n) is 12.4. The van der Waals surface area contributed by atoms with Crippen molar-refractivity contribution in [3.05, 3.63) is 59.7 Å². The minimum absolute atomic E-state index is 0.00294. The Kier molecular flexibility index (Phi) is 7.43. The number of amides is 2. The number of nitrogens with zero attached hydrogens (tertiary/aromatic N) is 1. The van der Waals surface area contributed by atoms with E-state index in [1.807, 2.05) is 38.1 Å². The number of fused-ring (bicyclic) bond motifs is 3. The normalized spacial score (nSPS) is 16.7. The van der Waals surface area contributed by atoms with E-state index in [2.05, 4.69) is 29.6 Å². The molecule has 2 aliphatic rings. The van der Waals surface area contributed by atoms with Gasteiger partial charge in [0.2, 0.25) is 5.91 Å². The molecule has 0 bridgehead atoms. The Balaban J connectivity index is 1.27. The number of carbonyl (C=O) groups excluding carboxylic acids is 2. The Morgan fingerprint density at radius 3 is 2.11 bits per heavy atom. The van der Waals surface area contributed by atoms with Crippen LogP contribution in [-0.2, 0) is 14.3 Å². The fourth-order valence-electron chi connectivity index (χ4n) is 5.00. The summed E-state index contributed by atoms with van der Waals surface area (Å²) in [5, 5.41) is 12.0. The third-order valence-electron chi connectivity index (χ3n) is 7.59. The summed E-state index contributed by atoms with van der Waals surface area (Å²) in [4.78, 5) is 38.1. The van der Waals surface area contributed by atoms with Crippen molar-refractivity contribution < 1.29 is 24.2 Å². The van der Waals surface area contributed by atoms with E-state index in [0.29, 0.717) is 26.1 Å². The topological polar surface area (TPSA) is 95.9 Å². The van der Waals surface area contributed by atoms with Gasteiger partial charge in [0.15, 0.2) is 0 Å². The fraction of sp³-hybridized carbons (Fsp3) is 0.464. The number of rotatable bonds is 9. The van der Waals surface area contributed by atoms with Gasteiger partial charge in [-0.3, -0.25) is 9.59 Å². The van der Waals surface area contributed by atoms with Gasteiger partial charge in [-0.2, -0.15) is 0 Å². The Hall–Kier alpha value is -3.35. The SMILES string of the molecule is CC(C)C(CNC(=O)OCC1c2ccccc2-c2ccccc21)CC(=O)N1CC(C(C)C(=O)O)C1. The predicted molar refractivity (Wildman–Crippen MR) is 133 cm³/mol. The first-order chi connectivity index (χ1) is 16.8. The summed E-state index contributed by atoms with van der Waals surface area (Å²) in [7, 11) is 0. The number of likely N-dealkylation sites (tertiary alicyclic amines) is 1. The first-order valence-corrected chi connectivity index (χ1v) is 12.4. The highest BCUT2D eigenvalue weighted by atomic mass is 16.5. The van der Waals surface area contributed by atoms with Crippen LogP contribution in [0.15, 0.2) is 48.5 Å². The molecule has 2 N–H and O–H groups in total. The van der Waals surface area contributed by atoms with Gasteiger partial charge in [-0.15, -0.1) is 0 Å². The number of alkyl carbamates (subject to hydrolysis) is 1. The van der Waals surface area contributed by atoms with E-state index in [-0.39, 0.29) is 36.2 Å². The number of benzene rings is 2. The second-order valence-corrected chi connectivity index (χ2v) is 10.1. The summed E-state index contributed by atoms with van der Waals surface area (Å²) in [5.74, 6) is -1.09. The van der Waals surface area contributed by atoms with Crippen molar-refractivity contribution in [1.29, 1.82) is 0 Å². The molecule has 7 nitrogen and oxygen atoms in total. The molecule has 1 aliphatic carbocycles. The number of aliphatic carboxylic acids is 1. The average Bonchev–Trinajstić information content (AvgIpc) is 3.12. The summed E-state index contributed by atoms with van der Waals surface area (Å²) in [6.45, 7) is 7.31. The van der Waals surface area contributed by atoms with Gasteiger partial charge in [0.25, 0.3) is 0 Å². The number of carboxylic acid groups (broad SMARTS) is 1. The molecular formula is C28H34N2O5. The lowest BCUT2D eigenvalue weighted by molar-refractivity contribution is -0.151. The second-order valence-electron chi connectivity index (χ2n) is 10.1. The molecule has 2 amide bonds. The van der Waals surface area contributed by atoms with Crippen molar-refractivity contribution in [1.82, 2.24) is 10.2 Å². The summed E-state index contributed by atoms with van der Waals surface area (Å²) >= 11 is 0. The number of carboxylic acids is 1. The van der Waals surface area contributed by atoms with Crippen LogP contribution in [0.3, 0.4) is 0 Å². The van der Waals surface area contributed by atoms with Crippen molar-refractivity contribution in [3.63, 3.8) is 0 Å². The molecule has 1 saturated heterocycles. The van der Waals surface area contributed by atoms with E-state index in [1.54, 1.807) is 11.8 Å². The molecular weight excluding hydrogens is 444 g/mol. The van der Waals surface area contributed by atoms with E-state index in [9.17, 15) is 14.4 Å². The molecule has 2 unspecified atom stereocenters. The Morgan fingerprint density at radius 2 is 1.57 bits per heavy atom. The van der Waals surface area contributed by atoms with E-state index >= 15 is 0 Å². The standard InChI is InChI=1S/C28H34N2O5/c1-17(2)19(12-26(31)30-14-20(15-30)18(3)27(32)33)13-29-28(34)35-16-25-23-10-6-4-8-21(23)22-9-5-7-11-24(22)25/h4-11,17-20,25H,12-16H2,1-3H3,(H,29,34)(H,32,33). The average molecular weight is 479 g/mol. The van der Waals surface area contributed by atoms with Crippen molar-refractivity contribution in [2.75, 3.05) is 26.2 Å². The fourth-order valence-corrected chi connectivity index (χ4v) is 5.00. The van der Waals surface area contributed by atoms with E-state index in [0.717, 1.165) is 11.1 Å². The molecule has 4 rings (SSSR count). The van der Waals surface area contributed by atoms with Crippen molar-refractivity contribution in [3.8, 4) is 11.1 Å². The van der Waals surface area contributed by atoms with Gasteiger partial charge < -0.3 is 20.1 Å². The van der Waals surface area contributed by atoms with Gasteiger partial charge in [0.05, 0.1) is 5.92 Å². The molecule has 0 radical (unpaired) electrons. The second kappa shape index (κ2) is 10.5. The predicted octanol–water partition coefficient (Wildman–Crippen LogP) is 4.37. The van der Waals surface area contributed by atoms with Crippen LogP contribution in [-0.4, -0.2) is 54.2 Å². The van der Waals surface area contributed by atoms with Gasteiger partial charge in [0.1, 0.15) is 6.61 Å². The van der Waals surface area contributed by atoms with Crippen LogP contribution in [0.25, 0.3) is 11.1 Å². The molecule has 7 heteroatoms. The summed E-state index contributed by atoms with van der Waals surface area (Å²) in [6.07, 6.45) is -0.167. The van der Waals surface area contributed by atoms with Gasteiger partial charge in [-0.1, -0.05) is 69.3 Å². The quantitative estimate of drug-likeness (QED) is 0.558. The molecule has 35 heavy (non-hydrogen) atoms. The Labute approximate surface area is 206 Å². The van der Waals surface area contributed by atoms with Crippen molar-refractivity contribution in [2.45, 2.75) is 33.1 Å². The molecule has 186 valence electrons. The maximum atomic E-state index is 12.7. The van der Waals surface area contributed by atoms with Crippen LogP contribution in [0.5, 0.6) is 0 Å². The third-order valence-corrected chi connectivity index (χ3v) is 7.59. The highest BCUT2D eigenvalue weighted by molar-refractivity contribution is 5.79. The summed E-state index contributed by atoms with van der Waals surface area (Å²) < 4.78 is 5.62. The zero-order valence-corrected chi connectivity index (χ0v) is 20.6. The summed E-state index contributed by atoms with van der Waals surface area (Å²) in [6, 6.07) is 16.4. The lowest BCUT2D eigenvalue weighted by Crippen LogP contribution is -2.54. The lowest BCUT2D eigenvalue weighted by atomic mass is 9.85. The third kappa shape index (κ3) is 5.34. The monoisotopic (exact) mass is 478 g/mol. The molecule has 0 saturated carbocycles. The zero-order valence-electron chi connectivity index (χ0n) is 20.6. The minimum Gasteiger partial charge on any atom is -0.481 e. The van der Waals surface area contributed by atoms with Crippen LogP contribution < -0.4 is 5.32 Å². The maximum absolute atomic E-state index is 12.7. The number of hydrogen-bond donors (Lipinski definition) is 2. The summed E-state index contributed by atoms with van der Waals surface area (Å²) in [5.41, 5.74) is 4.69. The molecule has 1 heterocycles. The van der Waals surface area contributed by atoms with Gasteiger partial charge in [-0.25, -0.2) is 4.79 Å². The molecule has 1 fully saturated rings. The highest BCUT2D eigenvalue weighted by Gasteiger charge is 2.37. The van der Waals surface area contributed by atoms with E-state index in [4.69, 9.17) is 9.84 Å². The highest BCUT2D eigenvalue weighted by Crippen LogP contribution is 2.44. The smallest absolute Gasteiger partial charge is 0.407 e. The van der Waals surface area contributed by atoms with Crippen LogP contribution in [0, 0.1) is 23.7 Å². The lowest BCUT2D eigenvalue weighted by Gasteiger charge is -2.42. The first kappa shape index (κ1) is 24.8. The van der Waals surface area contributed by atoms with E-state index < -0.39 is 18.0 Å². The maximum Gasteiger partial charge on any atom is 0.407 e. The van der Waals surface area contributed by atoms with Crippen LogP contribution in [0.2, 0.25) is 0 Å². The van der Waals surface area contributed by atoms with Gasteiger partial charge >= 0.3 is 12.1 Å². The molecule has 2 atom stereocenters. The van der Waals surface area contributed by atoms with Gasteiger partial charge in [-0.05, 0) is 34.1 Å². The molecule has 0 aromatic heterocycles. The molecule has 0 spiro atoms. The largest absolute Gasteiger partial charge is 0.481 e. The van der Waals surface area contributed by atoms with E-state index in [1.165, 1.54) is 11.1 Å². The number of ether oxygens (including phenoxy) is 1. The zero-order chi connectivity index (χ0) is 25.1. The molecule has 1 aliphatic heterocycles. The number of nitrogens with one attached hydrogen (secondary N) is 1. The van der Waals surface area contributed by atoms with Crippen LogP contribution in [0.4, 0.5) is 4.79 Å². The van der Waals surface area contributed by atoms with Crippen LogP contribution >= 0.6 is 0 Å². The van der Waals surface area contributed by atoms with Gasteiger partial charge in [0, 0.05) is 37.9 Å². The van der Waals surface area contributed by atoms with Crippen molar-refractivity contribution in [2.24, 2.45) is 23.7 Å². The number of hydrogen-bond acceptors (Lipinski definition) is 4. The Bertz CT molecular complexity index is 1050. The Morgan fingerprint density at radius 1 is 1.00 bits per heavy atom.